The predicted octanol–water partition coefficient (Wildman–Crippen LogP) is 4.06. The molecule has 1 aromatic heterocycles. The summed E-state index contributed by atoms with van der Waals surface area (Å²) in [5.41, 5.74) is 3.62. The first-order chi connectivity index (χ1) is 14.1. The normalized spacial score (nSPS) is 13.7. The zero-order chi connectivity index (χ0) is 20.2. The minimum Gasteiger partial charge on any atom is -0.494 e. The summed E-state index contributed by atoms with van der Waals surface area (Å²) in [4.78, 5) is 14.6. The average molecular weight is 393 g/mol. The summed E-state index contributed by atoms with van der Waals surface area (Å²) in [5, 5.41) is 4.73. The molecule has 0 saturated carbocycles. The van der Waals surface area contributed by atoms with E-state index >= 15 is 0 Å². The van der Waals surface area contributed by atoms with Crippen LogP contribution in [0.15, 0.2) is 54.6 Å². The van der Waals surface area contributed by atoms with Gasteiger partial charge in [0.25, 0.3) is 0 Å². The number of benzene rings is 2. The van der Waals surface area contributed by atoms with E-state index in [0.29, 0.717) is 25.3 Å². The van der Waals surface area contributed by atoms with Crippen molar-refractivity contribution >= 4 is 5.91 Å². The quantitative estimate of drug-likeness (QED) is 0.657. The van der Waals surface area contributed by atoms with E-state index in [-0.39, 0.29) is 18.1 Å². The van der Waals surface area contributed by atoms with Crippen molar-refractivity contribution in [1.29, 1.82) is 0 Å². The summed E-state index contributed by atoms with van der Waals surface area (Å²) >= 11 is 0. The van der Waals surface area contributed by atoms with Gasteiger partial charge in [-0.2, -0.15) is 5.10 Å². The van der Waals surface area contributed by atoms with Gasteiger partial charge in [0, 0.05) is 18.7 Å². The molecule has 0 radical (unpaired) electrons. The molecule has 0 N–H and O–H groups in total. The maximum Gasteiger partial charge on any atom is 0.227 e. The second-order valence-electron chi connectivity index (χ2n) is 7.18. The van der Waals surface area contributed by atoms with E-state index in [9.17, 15) is 9.18 Å². The van der Waals surface area contributed by atoms with Crippen molar-refractivity contribution < 1.29 is 13.9 Å². The molecule has 5 nitrogen and oxygen atoms in total. The number of hydrogen-bond donors (Lipinski definition) is 0. The van der Waals surface area contributed by atoms with Crippen molar-refractivity contribution in [2.45, 2.75) is 32.9 Å². The highest BCUT2D eigenvalue weighted by Gasteiger charge is 2.21. The standard InChI is InChI=1S/C23H24FN3O2/c1-2-29-21-9-7-18(8-10-21)22-15-20-16-26(11-4-12-27(20)25-22)23(28)14-17-5-3-6-19(24)13-17/h3,5-10,13,15H,2,4,11-12,14,16H2,1H3. The fraction of sp³-hybridized carbons (Fsp3) is 0.304. The van der Waals surface area contributed by atoms with Gasteiger partial charge >= 0.3 is 0 Å². The van der Waals surface area contributed by atoms with E-state index in [1.165, 1.54) is 12.1 Å². The van der Waals surface area contributed by atoms with Gasteiger partial charge in [0.15, 0.2) is 0 Å². The minimum atomic E-state index is -0.316. The fourth-order valence-corrected chi connectivity index (χ4v) is 3.64. The number of ether oxygens (including phenoxy) is 1. The zero-order valence-corrected chi connectivity index (χ0v) is 16.5. The summed E-state index contributed by atoms with van der Waals surface area (Å²) in [7, 11) is 0. The number of halogens is 1. The molecule has 0 saturated heterocycles. The monoisotopic (exact) mass is 393 g/mol. The van der Waals surface area contributed by atoms with Crippen LogP contribution in [0, 0.1) is 5.82 Å². The maximum atomic E-state index is 13.4. The number of hydrogen-bond acceptors (Lipinski definition) is 3. The average Bonchev–Trinajstić information content (AvgIpc) is 3.00. The topological polar surface area (TPSA) is 47.4 Å². The Labute approximate surface area is 169 Å². The van der Waals surface area contributed by atoms with Crippen LogP contribution in [-0.4, -0.2) is 33.7 Å². The second kappa shape index (κ2) is 8.47. The lowest BCUT2D eigenvalue weighted by molar-refractivity contribution is -0.131. The molecule has 150 valence electrons. The van der Waals surface area contributed by atoms with E-state index < -0.39 is 0 Å². The predicted molar refractivity (Wildman–Crippen MR) is 109 cm³/mol. The highest BCUT2D eigenvalue weighted by Crippen LogP contribution is 2.24. The van der Waals surface area contributed by atoms with Gasteiger partial charge in [-0.3, -0.25) is 9.48 Å². The summed E-state index contributed by atoms with van der Waals surface area (Å²) in [6.45, 7) is 4.56. The molecule has 1 aliphatic heterocycles. The second-order valence-corrected chi connectivity index (χ2v) is 7.18. The Kier molecular flexibility index (Phi) is 5.60. The van der Waals surface area contributed by atoms with Crippen molar-refractivity contribution in [1.82, 2.24) is 14.7 Å². The van der Waals surface area contributed by atoms with Gasteiger partial charge in [0.05, 0.1) is 31.0 Å². The molecule has 0 atom stereocenters. The van der Waals surface area contributed by atoms with Crippen molar-refractivity contribution in [3.8, 4) is 17.0 Å². The Hall–Kier alpha value is -3.15. The molecule has 0 fully saturated rings. The Morgan fingerprint density at radius 3 is 2.72 bits per heavy atom. The largest absolute Gasteiger partial charge is 0.494 e. The molecule has 0 bridgehead atoms. The molecule has 4 rings (SSSR count). The van der Waals surface area contributed by atoms with Crippen LogP contribution in [-0.2, 0) is 24.3 Å². The van der Waals surface area contributed by atoms with Gasteiger partial charge < -0.3 is 9.64 Å². The van der Waals surface area contributed by atoms with Gasteiger partial charge in [-0.15, -0.1) is 0 Å². The first-order valence-electron chi connectivity index (χ1n) is 9.94. The lowest BCUT2D eigenvalue weighted by atomic mass is 10.1. The third-order valence-corrected chi connectivity index (χ3v) is 5.07. The minimum absolute atomic E-state index is 0.00728. The molecular weight excluding hydrogens is 369 g/mol. The number of carbonyl (C=O) groups is 1. The smallest absolute Gasteiger partial charge is 0.227 e. The van der Waals surface area contributed by atoms with Crippen LogP contribution >= 0.6 is 0 Å². The zero-order valence-electron chi connectivity index (χ0n) is 16.5. The number of nitrogens with zero attached hydrogens (tertiary/aromatic N) is 3. The van der Waals surface area contributed by atoms with Crippen LogP contribution < -0.4 is 4.74 Å². The van der Waals surface area contributed by atoms with Crippen LogP contribution in [0.2, 0.25) is 0 Å². The molecule has 2 heterocycles. The maximum absolute atomic E-state index is 13.4. The molecule has 0 spiro atoms. The molecule has 0 aliphatic carbocycles. The van der Waals surface area contributed by atoms with Crippen molar-refractivity contribution in [3.05, 3.63) is 71.7 Å². The molecular formula is C23H24FN3O2. The Morgan fingerprint density at radius 2 is 1.97 bits per heavy atom. The van der Waals surface area contributed by atoms with Crippen molar-refractivity contribution in [3.63, 3.8) is 0 Å². The Bertz CT molecular complexity index is 998. The van der Waals surface area contributed by atoms with Crippen LogP contribution in [0.25, 0.3) is 11.3 Å². The van der Waals surface area contributed by atoms with E-state index in [1.54, 1.807) is 12.1 Å². The Balaban J connectivity index is 1.49. The first kappa shape index (κ1) is 19.2. The molecule has 1 amide bonds. The fourth-order valence-electron chi connectivity index (χ4n) is 3.64. The number of carbonyl (C=O) groups excluding carboxylic acids is 1. The van der Waals surface area contributed by atoms with Gasteiger partial charge in [0.2, 0.25) is 5.91 Å². The molecule has 2 aromatic carbocycles. The molecule has 1 aliphatic rings. The molecule has 6 heteroatoms. The van der Waals surface area contributed by atoms with Gasteiger partial charge in [-0.1, -0.05) is 12.1 Å². The van der Waals surface area contributed by atoms with Crippen LogP contribution in [0.4, 0.5) is 4.39 Å². The number of amides is 1. The first-order valence-corrected chi connectivity index (χ1v) is 9.94. The molecule has 29 heavy (non-hydrogen) atoms. The van der Waals surface area contributed by atoms with Gasteiger partial charge in [-0.25, -0.2) is 4.39 Å². The highest BCUT2D eigenvalue weighted by molar-refractivity contribution is 5.78. The summed E-state index contributed by atoms with van der Waals surface area (Å²) < 4.78 is 20.9. The van der Waals surface area contributed by atoms with E-state index in [4.69, 9.17) is 9.84 Å². The number of aryl methyl sites for hydroxylation is 1. The lowest BCUT2D eigenvalue weighted by Crippen LogP contribution is -2.32. The molecule has 0 unspecified atom stereocenters. The summed E-state index contributed by atoms with van der Waals surface area (Å²) in [6, 6.07) is 16.2. The number of aromatic nitrogens is 2. The van der Waals surface area contributed by atoms with Gasteiger partial charge in [-0.05, 0) is 61.4 Å². The highest BCUT2D eigenvalue weighted by atomic mass is 19.1. The van der Waals surface area contributed by atoms with Crippen molar-refractivity contribution in [2.24, 2.45) is 0 Å². The summed E-state index contributed by atoms with van der Waals surface area (Å²) in [5.74, 6) is 0.531. The van der Waals surface area contributed by atoms with Crippen LogP contribution in [0.3, 0.4) is 0 Å². The van der Waals surface area contributed by atoms with Crippen molar-refractivity contribution in [2.75, 3.05) is 13.2 Å². The SMILES string of the molecule is CCOc1ccc(-c2cc3n(n2)CCCN(C(=O)Cc2cccc(F)c2)C3)cc1. The van der Waals surface area contributed by atoms with E-state index in [2.05, 4.69) is 0 Å². The third kappa shape index (κ3) is 4.47. The lowest BCUT2D eigenvalue weighted by Gasteiger charge is -2.20. The Morgan fingerprint density at radius 1 is 1.14 bits per heavy atom. The van der Waals surface area contributed by atoms with Gasteiger partial charge in [0.1, 0.15) is 11.6 Å². The van der Waals surface area contributed by atoms with Crippen LogP contribution in [0.1, 0.15) is 24.6 Å². The number of rotatable bonds is 5. The number of fused-ring (bicyclic) bond motifs is 1. The third-order valence-electron chi connectivity index (χ3n) is 5.07. The molecule has 3 aromatic rings. The van der Waals surface area contributed by atoms with Crippen LogP contribution in [0.5, 0.6) is 5.75 Å². The van der Waals surface area contributed by atoms with E-state index in [1.807, 2.05) is 46.8 Å². The summed E-state index contributed by atoms with van der Waals surface area (Å²) in [6.07, 6.45) is 1.05. The van der Waals surface area contributed by atoms with E-state index in [0.717, 1.165) is 35.7 Å².